The van der Waals surface area contributed by atoms with Crippen molar-refractivity contribution in [2.24, 2.45) is 7.05 Å². The molecule has 0 saturated carbocycles. The monoisotopic (exact) mass is 488 g/mol. The van der Waals surface area contributed by atoms with E-state index in [4.69, 9.17) is 14.7 Å². The molecule has 0 aliphatic carbocycles. The van der Waals surface area contributed by atoms with E-state index in [1.807, 2.05) is 31.2 Å². The van der Waals surface area contributed by atoms with Crippen molar-refractivity contribution in [2.45, 2.75) is 13.5 Å². The van der Waals surface area contributed by atoms with Gasteiger partial charge >= 0.3 is 0 Å². The number of rotatable bonds is 7. The maximum absolute atomic E-state index is 13.2. The second kappa shape index (κ2) is 10.1. The summed E-state index contributed by atoms with van der Waals surface area (Å²) in [6.45, 7) is 2.06. The van der Waals surface area contributed by atoms with Crippen molar-refractivity contribution in [3.8, 4) is 28.1 Å². The van der Waals surface area contributed by atoms with E-state index in [0.717, 1.165) is 16.9 Å². The number of nitrogens with one attached hydrogen (secondary N) is 1. The summed E-state index contributed by atoms with van der Waals surface area (Å²) in [5.74, 6) is 0.0593. The number of carbonyl (C=O) groups excluding carboxylic acids is 1. The first-order valence-electron chi connectivity index (χ1n) is 10.4. The number of carbonyl (C=O) groups is 1. The number of hydrogen-bond acceptors (Lipinski definition) is 9. The van der Waals surface area contributed by atoms with Gasteiger partial charge in [0.1, 0.15) is 18.4 Å². The van der Waals surface area contributed by atoms with Crippen LogP contribution in [0, 0.1) is 18.3 Å². The predicted octanol–water partition coefficient (Wildman–Crippen LogP) is 3.32. The lowest BCUT2D eigenvalue weighted by molar-refractivity contribution is 0.102. The zero-order valence-corrected chi connectivity index (χ0v) is 19.9. The molecule has 0 bridgehead atoms. The molecule has 0 fully saturated rings. The summed E-state index contributed by atoms with van der Waals surface area (Å²) in [4.78, 5) is 29.6. The Kier molecular flexibility index (Phi) is 6.84. The lowest BCUT2D eigenvalue weighted by atomic mass is 9.98. The van der Waals surface area contributed by atoms with Crippen LogP contribution < -0.4 is 20.3 Å². The topological polar surface area (TPSA) is 132 Å². The van der Waals surface area contributed by atoms with Crippen molar-refractivity contribution in [3.63, 3.8) is 0 Å². The van der Waals surface area contributed by atoms with Gasteiger partial charge in [-0.1, -0.05) is 16.7 Å². The van der Waals surface area contributed by atoms with Crippen molar-refractivity contribution in [1.29, 1.82) is 5.26 Å². The predicted molar refractivity (Wildman–Crippen MR) is 130 cm³/mol. The molecule has 0 spiro atoms. The van der Waals surface area contributed by atoms with Crippen LogP contribution in [0.4, 0.5) is 5.13 Å². The van der Waals surface area contributed by atoms with Gasteiger partial charge in [-0.3, -0.25) is 19.9 Å². The van der Waals surface area contributed by atoms with Crippen LogP contribution in [-0.2, 0) is 13.7 Å². The van der Waals surface area contributed by atoms with Crippen molar-refractivity contribution < 1.29 is 14.3 Å². The molecule has 1 amide bonds. The average molecular weight is 489 g/mol. The molecule has 4 rings (SSSR count). The number of nitrogens with zero attached hydrogens (tertiary/aromatic N) is 5. The summed E-state index contributed by atoms with van der Waals surface area (Å²) >= 11 is 1.04. The number of methoxy groups -OCH3 is 1. The first kappa shape index (κ1) is 23.6. The largest absolute Gasteiger partial charge is 0.496 e. The van der Waals surface area contributed by atoms with Gasteiger partial charge < -0.3 is 14.0 Å². The van der Waals surface area contributed by atoms with E-state index >= 15 is 0 Å². The highest BCUT2D eigenvalue weighted by atomic mass is 32.1. The molecule has 1 aromatic carbocycles. The fourth-order valence-corrected chi connectivity index (χ4v) is 3.85. The molecule has 10 nitrogen and oxygen atoms in total. The summed E-state index contributed by atoms with van der Waals surface area (Å²) in [7, 11) is 3.17. The lowest BCUT2D eigenvalue weighted by Crippen LogP contribution is -2.21. The zero-order valence-electron chi connectivity index (χ0n) is 19.1. The summed E-state index contributed by atoms with van der Waals surface area (Å²) < 4.78 is 12.5. The Morgan fingerprint density at radius 2 is 2.03 bits per heavy atom. The Morgan fingerprint density at radius 3 is 2.74 bits per heavy atom. The van der Waals surface area contributed by atoms with Gasteiger partial charge in [-0.15, -0.1) is 5.10 Å². The number of hydrogen-bond donors (Lipinski definition) is 1. The van der Waals surface area contributed by atoms with Gasteiger partial charge in [0, 0.05) is 36.6 Å². The standard InChI is InChI=1S/C24H20N6O4S/c1-14-4-7-20(33-3)17(8-14)19-12-30(2)21(31)9-18(19)22(32)27-23-28-29-24(35-23)34-13-16-6-5-15(10-25)11-26-16/h4-9,11-12H,13H2,1-3H3,(H,27,28,32). The molecule has 0 atom stereocenters. The third-order valence-corrected chi connectivity index (χ3v) is 5.79. The molecule has 35 heavy (non-hydrogen) atoms. The highest BCUT2D eigenvalue weighted by Crippen LogP contribution is 2.33. The van der Waals surface area contributed by atoms with E-state index < -0.39 is 5.91 Å². The van der Waals surface area contributed by atoms with Crippen LogP contribution in [-0.4, -0.2) is 32.8 Å². The van der Waals surface area contributed by atoms with E-state index in [0.29, 0.717) is 28.1 Å². The van der Waals surface area contributed by atoms with Gasteiger partial charge in [0.15, 0.2) is 0 Å². The molecular weight excluding hydrogens is 468 g/mol. The Hall–Kier alpha value is -4.56. The minimum atomic E-state index is -0.516. The molecule has 0 saturated heterocycles. The van der Waals surface area contributed by atoms with Gasteiger partial charge in [0.05, 0.1) is 23.9 Å². The van der Waals surface area contributed by atoms with Crippen molar-refractivity contribution >= 4 is 22.4 Å². The van der Waals surface area contributed by atoms with Crippen LogP contribution in [0.2, 0.25) is 0 Å². The van der Waals surface area contributed by atoms with Crippen molar-refractivity contribution in [3.05, 3.63) is 81.5 Å². The number of aromatic nitrogens is 4. The molecule has 3 heterocycles. The van der Waals surface area contributed by atoms with E-state index in [1.54, 1.807) is 32.5 Å². The van der Waals surface area contributed by atoms with Crippen molar-refractivity contribution in [1.82, 2.24) is 19.7 Å². The number of aryl methyl sites for hydroxylation is 2. The van der Waals surface area contributed by atoms with Crippen LogP contribution in [0.15, 0.2) is 53.6 Å². The fraction of sp³-hybridized carbons (Fsp3) is 0.167. The molecule has 3 aromatic heterocycles. The number of anilines is 1. The van der Waals surface area contributed by atoms with Gasteiger partial charge in [-0.05, 0) is 42.5 Å². The third-order valence-electron chi connectivity index (χ3n) is 5.04. The molecule has 0 radical (unpaired) electrons. The molecule has 0 unspecified atom stereocenters. The van der Waals surface area contributed by atoms with Gasteiger partial charge in [-0.25, -0.2) is 0 Å². The van der Waals surface area contributed by atoms with Gasteiger partial charge in [0.2, 0.25) is 5.13 Å². The zero-order chi connectivity index (χ0) is 24.9. The van der Waals surface area contributed by atoms with Crippen molar-refractivity contribution in [2.75, 3.05) is 12.4 Å². The third kappa shape index (κ3) is 5.34. The molecule has 4 aromatic rings. The second-order valence-corrected chi connectivity index (χ2v) is 8.46. The molecule has 1 N–H and O–H groups in total. The van der Waals surface area contributed by atoms with Gasteiger partial charge in [-0.2, -0.15) is 5.26 Å². The average Bonchev–Trinajstić information content (AvgIpc) is 3.31. The van der Waals surface area contributed by atoms with E-state index in [9.17, 15) is 9.59 Å². The highest BCUT2D eigenvalue weighted by molar-refractivity contribution is 7.17. The molecule has 176 valence electrons. The first-order chi connectivity index (χ1) is 16.9. The van der Waals surface area contributed by atoms with E-state index in [1.165, 1.54) is 16.8 Å². The summed E-state index contributed by atoms with van der Waals surface area (Å²) in [6, 6.07) is 12.2. The number of pyridine rings is 2. The number of ether oxygens (including phenoxy) is 2. The Morgan fingerprint density at radius 1 is 1.20 bits per heavy atom. The molecular formula is C24H20N6O4S. The molecule has 11 heteroatoms. The minimum absolute atomic E-state index is 0.125. The van der Waals surface area contributed by atoms with Crippen LogP contribution in [0.5, 0.6) is 10.9 Å². The quantitative estimate of drug-likeness (QED) is 0.419. The Balaban J connectivity index is 1.55. The molecule has 0 aliphatic rings. The minimum Gasteiger partial charge on any atom is -0.496 e. The van der Waals surface area contributed by atoms with Gasteiger partial charge in [0.25, 0.3) is 16.7 Å². The summed E-state index contributed by atoms with van der Waals surface area (Å²) in [5, 5.41) is 19.9. The Bertz CT molecular complexity index is 1490. The summed E-state index contributed by atoms with van der Waals surface area (Å²) in [6.07, 6.45) is 3.06. The summed E-state index contributed by atoms with van der Waals surface area (Å²) in [5.41, 5.74) is 3.11. The van der Waals surface area contributed by atoms with Crippen LogP contribution in [0.1, 0.15) is 27.2 Å². The maximum Gasteiger partial charge on any atom is 0.296 e. The SMILES string of the molecule is COc1ccc(C)cc1-c1cn(C)c(=O)cc1C(=O)Nc1nnc(OCc2ccc(C#N)cn2)s1. The Labute approximate surface area is 204 Å². The number of nitriles is 1. The van der Waals surface area contributed by atoms with Crippen LogP contribution in [0.25, 0.3) is 11.1 Å². The number of benzene rings is 1. The first-order valence-corrected chi connectivity index (χ1v) is 11.2. The molecule has 0 aliphatic heterocycles. The van der Waals surface area contributed by atoms with Crippen LogP contribution >= 0.6 is 11.3 Å². The normalized spacial score (nSPS) is 10.5. The van der Waals surface area contributed by atoms with E-state index in [-0.39, 0.29) is 28.1 Å². The van der Waals surface area contributed by atoms with Crippen LogP contribution in [0.3, 0.4) is 0 Å². The maximum atomic E-state index is 13.2. The number of amides is 1. The highest BCUT2D eigenvalue weighted by Gasteiger charge is 2.20. The smallest absolute Gasteiger partial charge is 0.296 e. The second-order valence-electron chi connectivity index (χ2n) is 7.52. The van der Waals surface area contributed by atoms with E-state index in [2.05, 4.69) is 20.5 Å². The lowest BCUT2D eigenvalue weighted by Gasteiger charge is -2.14. The fourth-order valence-electron chi connectivity index (χ4n) is 3.26.